The highest BCUT2D eigenvalue weighted by atomic mass is 19.4. The van der Waals surface area contributed by atoms with E-state index in [0.29, 0.717) is 12.0 Å². The highest BCUT2D eigenvalue weighted by molar-refractivity contribution is 5.89. The second-order valence-electron chi connectivity index (χ2n) is 6.30. The van der Waals surface area contributed by atoms with Crippen LogP contribution in [-0.2, 0) is 9.47 Å². The number of carbonyl (C=O) groups excluding carboxylic acids is 1. The van der Waals surface area contributed by atoms with Crippen LogP contribution >= 0.6 is 0 Å². The minimum Gasteiger partial charge on any atom is -0.461 e. The summed E-state index contributed by atoms with van der Waals surface area (Å²) in [5, 5.41) is 0. The SMILES string of the molecule is CCC(C)(COCC(F)(F)C(F)(F)F)COC(=O)c1ccc(C)cc1. The molecule has 3 nitrogen and oxygen atoms in total. The lowest BCUT2D eigenvalue weighted by molar-refractivity contribution is -0.298. The molecule has 0 amide bonds. The van der Waals surface area contributed by atoms with Crippen LogP contribution in [0.15, 0.2) is 24.3 Å². The van der Waals surface area contributed by atoms with E-state index in [0.717, 1.165) is 5.56 Å². The van der Waals surface area contributed by atoms with E-state index in [-0.39, 0.29) is 6.61 Å². The molecule has 0 fully saturated rings. The molecule has 1 atom stereocenters. The van der Waals surface area contributed by atoms with Crippen molar-refractivity contribution in [2.75, 3.05) is 19.8 Å². The molecule has 25 heavy (non-hydrogen) atoms. The lowest BCUT2D eigenvalue weighted by atomic mass is 9.90. The molecule has 0 saturated carbocycles. The third-order valence-electron chi connectivity index (χ3n) is 3.84. The fourth-order valence-corrected chi connectivity index (χ4v) is 1.77. The summed E-state index contributed by atoms with van der Waals surface area (Å²) in [6.07, 6.45) is -5.29. The molecule has 0 saturated heterocycles. The quantitative estimate of drug-likeness (QED) is 0.489. The second-order valence-corrected chi connectivity index (χ2v) is 6.30. The predicted molar refractivity (Wildman–Crippen MR) is 81.7 cm³/mol. The number of halogens is 5. The number of carbonyl (C=O) groups is 1. The largest absolute Gasteiger partial charge is 0.461 e. The van der Waals surface area contributed by atoms with Gasteiger partial charge in [0.15, 0.2) is 0 Å². The number of hydrogen-bond donors (Lipinski definition) is 0. The van der Waals surface area contributed by atoms with Crippen LogP contribution in [0.2, 0.25) is 0 Å². The van der Waals surface area contributed by atoms with Crippen molar-refractivity contribution in [1.29, 1.82) is 0 Å². The van der Waals surface area contributed by atoms with Gasteiger partial charge in [0.2, 0.25) is 0 Å². The van der Waals surface area contributed by atoms with Crippen molar-refractivity contribution in [3.63, 3.8) is 0 Å². The zero-order valence-corrected chi connectivity index (χ0v) is 14.3. The maximum absolute atomic E-state index is 12.8. The van der Waals surface area contributed by atoms with E-state index in [4.69, 9.17) is 4.74 Å². The minimum atomic E-state index is -5.66. The number of rotatable bonds is 8. The van der Waals surface area contributed by atoms with Crippen molar-refractivity contribution in [3.05, 3.63) is 35.4 Å². The van der Waals surface area contributed by atoms with Crippen LogP contribution in [0.3, 0.4) is 0 Å². The molecule has 0 aromatic heterocycles. The van der Waals surface area contributed by atoms with E-state index in [1.165, 1.54) is 0 Å². The molecule has 0 bridgehead atoms. The van der Waals surface area contributed by atoms with Crippen LogP contribution < -0.4 is 0 Å². The van der Waals surface area contributed by atoms with Gasteiger partial charge in [0.25, 0.3) is 0 Å². The molecule has 0 aliphatic rings. The van der Waals surface area contributed by atoms with E-state index < -0.39 is 36.7 Å². The number of esters is 1. The van der Waals surface area contributed by atoms with Gasteiger partial charge in [-0.3, -0.25) is 0 Å². The smallest absolute Gasteiger partial charge is 0.455 e. The highest BCUT2D eigenvalue weighted by Gasteiger charge is 2.57. The van der Waals surface area contributed by atoms with Gasteiger partial charge in [-0.2, -0.15) is 22.0 Å². The molecule has 0 N–H and O–H groups in total. The lowest BCUT2D eigenvalue weighted by Crippen LogP contribution is -2.42. The van der Waals surface area contributed by atoms with Gasteiger partial charge < -0.3 is 9.47 Å². The Labute approximate surface area is 143 Å². The third-order valence-corrected chi connectivity index (χ3v) is 3.84. The van der Waals surface area contributed by atoms with Gasteiger partial charge in [-0.1, -0.05) is 31.5 Å². The molecule has 142 valence electrons. The average molecular weight is 368 g/mol. The molecule has 1 unspecified atom stereocenters. The summed E-state index contributed by atoms with van der Waals surface area (Å²) in [4.78, 5) is 12.0. The topological polar surface area (TPSA) is 35.5 Å². The molecule has 1 rings (SSSR count). The first-order chi connectivity index (χ1) is 11.4. The zero-order chi connectivity index (χ0) is 19.3. The number of aryl methyl sites for hydroxylation is 1. The van der Waals surface area contributed by atoms with E-state index in [2.05, 4.69) is 4.74 Å². The van der Waals surface area contributed by atoms with Gasteiger partial charge in [0.05, 0.1) is 18.8 Å². The molecule has 0 spiro atoms. The Kier molecular flexibility index (Phi) is 6.93. The first-order valence-corrected chi connectivity index (χ1v) is 7.66. The number of ether oxygens (including phenoxy) is 2. The number of hydrogen-bond acceptors (Lipinski definition) is 3. The number of benzene rings is 1. The van der Waals surface area contributed by atoms with Crippen molar-refractivity contribution in [1.82, 2.24) is 0 Å². The van der Waals surface area contributed by atoms with Gasteiger partial charge in [-0.15, -0.1) is 0 Å². The maximum atomic E-state index is 12.8. The molecule has 0 radical (unpaired) electrons. The summed E-state index contributed by atoms with van der Waals surface area (Å²) in [6.45, 7) is 2.83. The van der Waals surface area contributed by atoms with Crippen LogP contribution in [0.25, 0.3) is 0 Å². The van der Waals surface area contributed by atoms with Crippen LogP contribution in [0.5, 0.6) is 0 Å². The van der Waals surface area contributed by atoms with Crippen molar-refractivity contribution in [2.24, 2.45) is 5.41 Å². The minimum absolute atomic E-state index is 0.159. The standard InChI is InChI=1S/C17H21F5O3/c1-4-15(3,9-24-11-16(18,19)17(20,21)22)10-25-14(23)13-7-5-12(2)6-8-13/h5-8H,4,9-11H2,1-3H3. The van der Waals surface area contributed by atoms with Crippen LogP contribution in [-0.4, -0.2) is 37.9 Å². The van der Waals surface area contributed by atoms with Crippen LogP contribution in [0.1, 0.15) is 36.2 Å². The van der Waals surface area contributed by atoms with Gasteiger partial charge in [0.1, 0.15) is 6.61 Å². The van der Waals surface area contributed by atoms with Gasteiger partial charge in [-0.05, 0) is 25.5 Å². The molecular weight excluding hydrogens is 347 g/mol. The summed E-state index contributed by atoms with van der Waals surface area (Å²) < 4.78 is 71.7. The van der Waals surface area contributed by atoms with E-state index in [9.17, 15) is 26.7 Å². The lowest BCUT2D eigenvalue weighted by Gasteiger charge is -2.28. The molecule has 0 aliphatic carbocycles. The van der Waals surface area contributed by atoms with Crippen LogP contribution in [0, 0.1) is 12.3 Å². The third kappa shape index (κ3) is 6.26. The Balaban J connectivity index is 2.56. The summed E-state index contributed by atoms with van der Waals surface area (Å²) in [5.41, 5.74) is 0.421. The fourth-order valence-electron chi connectivity index (χ4n) is 1.77. The van der Waals surface area contributed by atoms with E-state index >= 15 is 0 Å². The van der Waals surface area contributed by atoms with Gasteiger partial charge in [0, 0.05) is 5.41 Å². The first kappa shape index (κ1) is 21.3. The van der Waals surface area contributed by atoms with E-state index in [1.807, 2.05) is 6.92 Å². The van der Waals surface area contributed by atoms with Crippen molar-refractivity contribution in [3.8, 4) is 0 Å². The maximum Gasteiger partial charge on any atom is 0.455 e. The Morgan fingerprint density at radius 3 is 2.04 bits per heavy atom. The van der Waals surface area contributed by atoms with Gasteiger partial charge >= 0.3 is 18.1 Å². The van der Waals surface area contributed by atoms with Crippen LogP contribution in [0.4, 0.5) is 22.0 Å². The zero-order valence-electron chi connectivity index (χ0n) is 14.3. The highest BCUT2D eigenvalue weighted by Crippen LogP contribution is 2.36. The molecule has 1 aromatic rings. The Bertz CT molecular complexity index is 569. The summed E-state index contributed by atoms with van der Waals surface area (Å²) in [6, 6.07) is 6.64. The van der Waals surface area contributed by atoms with Crippen molar-refractivity contribution in [2.45, 2.75) is 39.3 Å². The molecular formula is C17H21F5O3. The monoisotopic (exact) mass is 368 g/mol. The Morgan fingerprint density at radius 2 is 1.56 bits per heavy atom. The molecule has 0 heterocycles. The summed E-state index contributed by atoms with van der Waals surface area (Å²) in [5.74, 6) is -5.51. The predicted octanol–water partition coefficient (Wildman–Crippen LogP) is 4.78. The normalized spacial score (nSPS) is 14.9. The Morgan fingerprint density at radius 1 is 1.00 bits per heavy atom. The number of alkyl halides is 5. The second kappa shape index (κ2) is 8.12. The fraction of sp³-hybridized carbons (Fsp3) is 0.588. The van der Waals surface area contributed by atoms with E-state index in [1.54, 1.807) is 38.1 Å². The molecule has 1 aromatic carbocycles. The Hall–Kier alpha value is -1.70. The summed E-state index contributed by atoms with van der Waals surface area (Å²) in [7, 11) is 0. The summed E-state index contributed by atoms with van der Waals surface area (Å²) >= 11 is 0. The average Bonchev–Trinajstić information content (AvgIpc) is 2.52. The molecule has 0 aliphatic heterocycles. The van der Waals surface area contributed by atoms with Crippen molar-refractivity contribution < 1.29 is 36.2 Å². The molecule has 8 heteroatoms. The first-order valence-electron chi connectivity index (χ1n) is 7.66. The van der Waals surface area contributed by atoms with Gasteiger partial charge in [-0.25, -0.2) is 4.79 Å². The van der Waals surface area contributed by atoms with Crippen molar-refractivity contribution >= 4 is 5.97 Å².